The number of nitrogens with zero attached hydrogens (tertiary/aromatic N) is 4. The largest absolute Gasteiger partial charge is 0.454 e. The molecule has 0 saturated carbocycles. The van der Waals surface area contributed by atoms with Crippen LogP contribution in [0.5, 0.6) is 11.5 Å². The summed E-state index contributed by atoms with van der Waals surface area (Å²) in [7, 11) is 0. The van der Waals surface area contributed by atoms with Gasteiger partial charge in [0.25, 0.3) is 5.56 Å². The fraction of sp³-hybridized carbons (Fsp3) is 0.138. The van der Waals surface area contributed by atoms with Crippen molar-refractivity contribution in [2.45, 2.75) is 26.7 Å². The molecular formula is C29H21Cl2N5O3. The van der Waals surface area contributed by atoms with Crippen molar-refractivity contribution in [3.05, 3.63) is 108 Å². The van der Waals surface area contributed by atoms with Crippen molar-refractivity contribution in [2.75, 3.05) is 0 Å². The van der Waals surface area contributed by atoms with Crippen LogP contribution in [0.15, 0.2) is 70.3 Å². The molecular weight excluding hydrogens is 537 g/mol. The maximum Gasteiger partial charge on any atom is 0.349 e. The highest BCUT2D eigenvalue weighted by Gasteiger charge is 2.16. The number of nitrogens with one attached hydrogen (secondary N) is 1. The summed E-state index contributed by atoms with van der Waals surface area (Å²) in [5.74, 6) is 1.03. The number of halogens is 2. The number of hydrogen-bond acceptors (Lipinski definition) is 6. The molecule has 2 heterocycles. The first-order chi connectivity index (χ1) is 18.7. The number of aromatic amines is 1. The number of H-pyrrole nitrogens is 1. The number of ether oxygens (including phenoxy) is 1. The quantitative estimate of drug-likeness (QED) is 0.262. The number of benzene rings is 3. The SMILES string of the molecule is Cc1cc(-c2ccccc2C(C)C)nc2ccc(Oc3c(Cl)cc(-n4nc(C#N)c(=O)[nH]c4=O)cc3Cl)cc12. The van der Waals surface area contributed by atoms with Crippen LogP contribution in [-0.4, -0.2) is 19.7 Å². The first-order valence-electron chi connectivity index (χ1n) is 12.0. The predicted octanol–water partition coefficient (Wildman–Crippen LogP) is 6.54. The van der Waals surface area contributed by atoms with E-state index in [1.807, 2.05) is 36.2 Å². The minimum atomic E-state index is -0.881. The third-order valence-electron chi connectivity index (χ3n) is 6.23. The van der Waals surface area contributed by atoms with Crippen LogP contribution in [0.2, 0.25) is 10.0 Å². The van der Waals surface area contributed by atoms with E-state index in [9.17, 15) is 9.59 Å². The van der Waals surface area contributed by atoms with E-state index >= 15 is 0 Å². The van der Waals surface area contributed by atoms with E-state index in [1.165, 1.54) is 17.7 Å². The molecule has 5 aromatic rings. The highest BCUT2D eigenvalue weighted by atomic mass is 35.5. The molecule has 0 spiro atoms. The molecule has 3 aromatic carbocycles. The van der Waals surface area contributed by atoms with E-state index in [-0.39, 0.29) is 21.5 Å². The van der Waals surface area contributed by atoms with Gasteiger partial charge in [0.2, 0.25) is 5.69 Å². The van der Waals surface area contributed by atoms with E-state index < -0.39 is 16.9 Å². The van der Waals surface area contributed by atoms with Crippen molar-refractivity contribution in [1.29, 1.82) is 5.26 Å². The second kappa shape index (κ2) is 10.4. The molecule has 1 N–H and O–H groups in total. The summed E-state index contributed by atoms with van der Waals surface area (Å²) in [5, 5.41) is 14.0. The first-order valence-corrected chi connectivity index (χ1v) is 12.7. The van der Waals surface area contributed by atoms with E-state index in [1.54, 1.807) is 12.1 Å². The van der Waals surface area contributed by atoms with Crippen LogP contribution in [0.1, 0.15) is 36.6 Å². The van der Waals surface area contributed by atoms with Gasteiger partial charge in [-0.1, -0.05) is 61.3 Å². The van der Waals surface area contributed by atoms with Gasteiger partial charge in [0.15, 0.2) is 5.75 Å². The van der Waals surface area contributed by atoms with Crippen LogP contribution in [0.4, 0.5) is 0 Å². The Kier molecular flexibility index (Phi) is 6.96. The molecule has 0 aliphatic carbocycles. The highest BCUT2D eigenvalue weighted by molar-refractivity contribution is 6.37. The van der Waals surface area contributed by atoms with Crippen LogP contribution < -0.4 is 16.0 Å². The molecule has 0 fully saturated rings. The molecule has 2 aromatic heterocycles. The Hall–Kier alpha value is -4.45. The maximum absolute atomic E-state index is 12.2. The second-order valence-electron chi connectivity index (χ2n) is 9.22. The van der Waals surface area contributed by atoms with Gasteiger partial charge < -0.3 is 4.74 Å². The lowest BCUT2D eigenvalue weighted by Crippen LogP contribution is -2.33. The van der Waals surface area contributed by atoms with Crippen LogP contribution in [0, 0.1) is 18.3 Å². The van der Waals surface area contributed by atoms with Gasteiger partial charge in [-0.25, -0.2) is 9.78 Å². The molecule has 0 radical (unpaired) electrons. The average molecular weight is 558 g/mol. The Bertz CT molecular complexity index is 1900. The lowest BCUT2D eigenvalue weighted by Gasteiger charge is -2.15. The molecule has 0 aliphatic heterocycles. The standard InChI is InChI=1S/C29H21Cl2N5O3/c1-15(2)19-6-4-5-7-20(19)25-10-16(3)21-13-18(8-9-24(21)33-25)39-27-22(30)11-17(12-23(27)31)36-29(38)34-28(37)26(14-32)35-36/h4-13,15H,1-3H3,(H,34,37,38). The van der Waals surface area contributed by atoms with Crippen molar-refractivity contribution in [3.63, 3.8) is 0 Å². The lowest BCUT2D eigenvalue weighted by atomic mass is 9.94. The molecule has 0 atom stereocenters. The fourth-order valence-corrected chi connectivity index (χ4v) is 4.89. The number of aromatic nitrogens is 4. The molecule has 0 unspecified atom stereocenters. The number of hydrogen-bond donors (Lipinski definition) is 1. The van der Waals surface area contributed by atoms with Crippen LogP contribution in [-0.2, 0) is 0 Å². The van der Waals surface area contributed by atoms with E-state index in [4.69, 9.17) is 38.2 Å². The van der Waals surface area contributed by atoms with Crippen LogP contribution in [0.25, 0.3) is 27.8 Å². The Morgan fingerprint density at radius 3 is 2.44 bits per heavy atom. The second-order valence-corrected chi connectivity index (χ2v) is 10.0. The summed E-state index contributed by atoms with van der Waals surface area (Å²) in [5.41, 5.74) is 3.06. The molecule has 0 saturated heterocycles. The van der Waals surface area contributed by atoms with E-state index in [0.717, 1.165) is 32.4 Å². The molecule has 39 heavy (non-hydrogen) atoms. The van der Waals surface area contributed by atoms with Gasteiger partial charge in [0, 0.05) is 10.9 Å². The number of nitriles is 1. The zero-order chi connectivity index (χ0) is 27.8. The van der Waals surface area contributed by atoms with Crippen LogP contribution >= 0.6 is 23.2 Å². The third kappa shape index (κ3) is 5.02. The van der Waals surface area contributed by atoms with Gasteiger partial charge in [-0.3, -0.25) is 9.78 Å². The fourth-order valence-electron chi connectivity index (χ4n) is 4.34. The molecule has 8 nitrogen and oxygen atoms in total. The lowest BCUT2D eigenvalue weighted by molar-refractivity contribution is 0.483. The predicted molar refractivity (Wildman–Crippen MR) is 151 cm³/mol. The van der Waals surface area contributed by atoms with Gasteiger partial charge in [-0.15, -0.1) is 5.10 Å². The molecule has 0 aliphatic rings. The van der Waals surface area contributed by atoms with Crippen molar-refractivity contribution in [2.24, 2.45) is 0 Å². The minimum Gasteiger partial charge on any atom is -0.454 e. The Balaban J connectivity index is 1.50. The molecule has 5 rings (SSSR count). The Morgan fingerprint density at radius 2 is 1.74 bits per heavy atom. The molecule has 0 amide bonds. The van der Waals surface area contributed by atoms with Crippen molar-refractivity contribution in [1.82, 2.24) is 19.7 Å². The zero-order valence-electron chi connectivity index (χ0n) is 21.1. The number of aryl methyl sites for hydroxylation is 1. The molecule has 10 heteroatoms. The third-order valence-corrected chi connectivity index (χ3v) is 6.79. The molecule has 194 valence electrons. The summed E-state index contributed by atoms with van der Waals surface area (Å²) in [6.45, 7) is 6.35. The monoisotopic (exact) mass is 557 g/mol. The van der Waals surface area contributed by atoms with Gasteiger partial charge in [-0.05, 0) is 60.4 Å². The topological polar surface area (TPSA) is 114 Å². The Labute approximate surface area is 233 Å². The number of pyridine rings is 1. The summed E-state index contributed by atoms with van der Waals surface area (Å²) < 4.78 is 6.88. The summed E-state index contributed by atoms with van der Waals surface area (Å²) in [4.78, 5) is 30.9. The number of rotatable bonds is 5. The van der Waals surface area contributed by atoms with Gasteiger partial charge in [0.1, 0.15) is 11.8 Å². The van der Waals surface area contributed by atoms with Crippen molar-refractivity contribution >= 4 is 34.1 Å². The minimum absolute atomic E-state index is 0.103. The first kappa shape index (κ1) is 26.2. The summed E-state index contributed by atoms with van der Waals surface area (Å²) in [6, 6.07) is 20.3. The number of fused-ring (bicyclic) bond motifs is 1. The van der Waals surface area contributed by atoms with Gasteiger partial charge >= 0.3 is 5.69 Å². The normalized spacial score (nSPS) is 11.1. The van der Waals surface area contributed by atoms with Gasteiger partial charge in [-0.2, -0.15) is 9.94 Å². The molecule has 0 bridgehead atoms. The van der Waals surface area contributed by atoms with Crippen molar-refractivity contribution in [3.8, 4) is 34.5 Å². The Morgan fingerprint density at radius 1 is 1.03 bits per heavy atom. The van der Waals surface area contributed by atoms with E-state index in [2.05, 4.69) is 37.1 Å². The van der Waals surface area contributed by atoms with Gasteiger partial charge in [0.05, 0.1) is 26.9 Å². The smallest absolute Gasteiger partial charge is 0.349 e. The summed E-state index contributed by atoms with van der Waals surface area (Å²) in [6.07, 6.45) is 0. The van der Waals surface area contributed by atoms with Crippen LogP contribution in [0.3, 0.4) is 0 Å². The van der Waals surface area contributed by atoms with E-state index in [0.29, 0.717) is 11.7 Å². The highest BCUT2D eigenvalue weighted by Crippen LogP contribution is 2.39. The van der Waals surface area contributed by atoms with Crippen molar-refractivity contribution < 1.29 is 4.74 Å². The maximum atomic E-state index is 12.2. The average Bonchev–Trinajstić information content (AvgIpc) is 2.91. The summed E-state index contributed by atoms with van der Waals surface area (Å²) >= 11 is 12.9. The zero-order valence-corrected chi connectivity index (χ0v) is 22.6.